The Labute approximate surface area is 202 Å². The minimum atomic E-state index is -0.513. The summed E-state index contributed by atoms with van der Waals surface area (Å²) in [7, 11) is 1.78. The molecule has 0 N–H and O–H groups in total. The number of carbonyl (C=O) groups is 2. The zero-order valence-electron chi connectivity index (χ0n) is 19.4. The average molecular weight is 462 g/mol. The fourth-order valence-electron chi connectivity index (χ4n) is 6.71. The number of amides is 2. The van der Waals surface area contributed by atoms with E-state index in [0.29, 0.717) is 11.4 Å². The van der Waals surface area contributed by atoms with Gasteiger partial charge in [-0.05, 0) is 41.3 Å². The number of benzene rings is 3. The number of anilines is 1. The monoisotopic (exact) mass is 461 g/mol. The Kier molecular flexibility index (Phi) is 3.99. The maximum atomic E-state index is 14.1. The molecule has 0 saturated carbocycles. The van der Waals surface area contributed by atoms with Crippen LogP contribution >= 0.6 is 0 Å². The van der Waals surface area contributed by atoms with E-state index in [1.54, 1.807) is 18.7 Å². The molecule has 0 unspecified atom stereocenters. The van der Waals surface area contributed by atoms with Crippen molar-refractivity contribution in [3.63, 3.8) is 0 Å². The highest BCUT2D eigenvalue weighted by Gasteiger charge is 2.62. The van der Waals surface area contributed by atoms with Gasteiger partial charge in [0.25, 0.3) is 5.56 Å². The zero-order chi connectivity index (χ0) is 24.0. The molecule has 172 valence electrons. The summed E-state index contributed by atoms with van der Waals surface area (Å²) in [5.74, 6) is -1.96. The average Bonchev–Trinajstić information content (AvgIpc) is 3.27. The van der Waals surface area contributed by atoms with Gasteiger partial charge in [-0.1, -0.05) is 66.7 Å². The standard InChI is InChI=1S/C29H23N3O3/c1-16-26(29(35)32(30(16)2)17-10-4-3-5-11-17)31-27(33)24-22-18-12-6-7-13-19(18)23(25(24)28(31)34)21-15-9-8-14-20(21)22/h3-15,22-25H,1-2H3/t22?,23?,24-,25-/m1/s1. The van der Waals surface area contributed by atoms with Gasteiger partial charge in [0.2, 0.25) is 11.8 Å². The van der Waals surface area contributed by atoms with Crippen LogP contribution in [0.4, 0.5) is 5.69 Å². The van der Waals surface area contributed by atoms with Gasteiger partial charge >= 0.3 is 0 Å². The van der Waals surface area contributed by atoms with E-state index in [1.807, 2.05) is 54.6 Å². The van der Waals surface area contributed by atoms with Gasteiger partial charge in [-0.3, -0.25) is 19.1 Å². The molecule has 0 radical (unpaired) electrons. The van der Waals surface area contributed by atoms with Gasteiger partial charge in [-0.2, -0.15) is 0 Å². The van der Waals surface area contributed by atoms with Crippen molar-refractivity contribution < 1.29 is 9.59 Å². The first kappa shape index (κ1) is 20.2. The Morgan fingerprint density at radius 2 is 1.06 bits per heavy atom. The number of carbonyl (C=O) groups excluding carboxylic acids is 2. The lowest BCUT2D eigenvalue weighted by Gasteiger charge is -2.45. The molecular formula is C29H23N3O3. The van der Waals surface area contributed by atoms with Crippen LogP contribution in [0, 0.1) is 18.8 Å². The van der Waals surface area contributed by atoms with E-state index in [4.69, 9.17) is 0 Å². The Balaban J connectivity index is 1.43. The summed E-state index contributed by atoms with van der Waals surface area (Å²) < 4.78 is 3.24. The quantitative estimate of drug-likeness (QED) is 0.426. The topological polar surface area (TPSA) is 64.3 Å². The van der Waals surface area contributed by atoms with Crippen molar-refractivity contribution in [3.05, 3.63) is 117 Å². The van der Waals surface area contributed by atoms with E-state index < -0.39 is 11.8 Å². The smallest absolute Gasteiger partial charge is 0.283 e. The van der Waals surface area contributed by atoms with E-state index >= 15 is 0 Å². The van der Waals surface area contributed by atoms with Crippen LogP contribution in [-0.4, -0.2) is 21.2 Å². The molecule has 2 amide bonds. The van der Waals surface area contributed by atoms with Crippen LogP contribution in [0.5, 0.6) is 0 Å². The number of nitrogens with zero attached hydrogens (tertiary/aromatic N) is 3. The molecule has 3 aromatic carbocycles. The normalized spacial score (nSPS) is 23.9. The number of hydrogen-bond acceptors (Lipinski definition) is 3. The highest BCUT2D eigenvalue weighted by atomic mass is 16.2. The molecule has 6 nitrogen and oxygen atoms in total. The molecule has 35 heavy (non-hydrogen) atoms. The van der Waals surface area contributed by atoms with Crippen LogP contribution < -0.4 is 10.5 Å². The van der Waals surface area contributed by atoms with E-state index in [0.717, 1.165) is 22.3 Å². The maximum Gasteiger partial charge on any atom is 0.296 e. The molecule has 1 saturated heterocycles. The highest BCUT2D eigenvalue weighted by Crippen LogP contribution is 2.61. The Hall–Kier alpha value is -4.19. The predicted octanol–water partition coefficient (Wildman–Crippen LogP) is 3.88. The lowest BCUT2D eigenvalue weighted by Crippen LogP contribution is -2.41. The van der Waals surface area contributed by atoms with Gasteiger partial charge in [0.05, 0.1) is 23.2 Å². The molecule has 6 heteroatoms. The molecular weight excluding hydrogens is 438 g/mol. The van der Waals surface area contributed by atoms with Gasteiger partial charge in [-0.15, -0.1) is 0 Å². The first-order chi connectivity index (χ1) is 17.0. The highest BCUT2D eigenvalue weighted by molar-refractivity contribution is 6.23. The van der Waals surface area contributed by atoms with E-state index in [1.165, 1.54) is 9.58 Å². The number of aromatic nitrogens is 2. The van der Waals surface area contributed by atoms with Crippen molar-refractivity contribution in [1.29, 1.82) is 0 Å². The van der Waals surface area contributed by atoms with Crippen molar-refractivity contribution in [1.82, 2.24) is 9.36 Å². The Morgan fingerprint density at radius 3 is 1.51 bits per heavy atom. The predicted molar refractivity (Wildman–Crippen MR) is 132 cm³/mol. The van der Waals surface area contributed by atoms with Gasteiger partial charge in [-0.25, -0.2) is 9.58 Å². The molecule has 2 bridgehead atoms. The van der Waals surface area contributed by atoms with Crippen molar-refractivity contribution in [2.24, 2.45) is 18.9 Å². The molecule has 2 heterocycles. The summed E-state index contributed by atoms with van der Waals surface area (Å²) >= 11 is 0. The first-order valence-corrected chi connectivity index (χ1v) is 11.9. The van der Waals surface area contributed by atoms with Crippen LogP contribution in [0.3, 0.4) is 0 Å². The Bertz CT molecular complexity index is 1500. The van der Waals surface area contributed by atoms with Crippen molar-refractivity contribution in [3.8, 4) is 5.69 Å². The number of imide groups is 1. The summed E-state index contributed by atoms with van der Waals surface area (Å²) in [6.45, 7) is 1.79. The molecule has 3 aliphatic carbocycles. The molecule has 4 aliphatic rings. The lowest BCUT2D eigenvalue weighted by molar-refractivity contribution is -0.122. The third kappa shape index (κ3) is 2.41. The summed E-state index contributed by atoms with van der Waals surface area (Å²) in [6, 6.07) is 25.6. The fourth-order valence-corrected chi connectivity index (χ4v) is 6.71. The molecule has 1 aliphatic heterocycles. The number of rotatable bonds is 2. The van der Waals surface area contributed by atoms with E-state index in [2.05, 4.69) is 24.3 Å². The number of para-hydroxylation sites is 1. The molecule has 2 atom stereocenters. The Morgan fingerprint density at radius 1 is 0.629 bits per heavy atom. The third-order valence-corrected chi connectivity index (χ3v) is 8.20. The van der Waals surface area contributed by atoms with Crippen LogP contribution in [0.1, 0.15) is 39.8 Å². The zero-order valence-corrected chi connectivity index (χ0v) is 19.4. The second kappa shape index (κ2) is 6.92. The lowest BCUT2D eigenvalue weighted by atomic mass is 9.55. The van der Waals surface area contributed by atoms with Crippen molar-refractivity contribution in [2.45, 2.75) is 18.8 Å². The summed E-state index contributed by atoms with van der Waals surface area (Å²) in [6.07, 6.45) is 0. The van der Waals surface area contributed by atoms with E-state index in [-0.39, 0.29) is 34.9 Å². The van der Waals surface area contributed by atoms with Crippen molar-refractivity contribution in [2.75, 3.05) is 4.90 Å². The van der Waals surface area contributed by atoms with Gasteiger partial charge in [0.1, 0.15) is 5.69 Å². The molecule has 4 aromatic rings. The van der Waals surface area contributed by atoms with E-state index in [9.17, 15) is 14.4 Å². The van der Waals surface area contributed by atoms with Crippen LogP contribution in [-0.2, 0) is 16.6 Å². The molecule has 0 spiro atoms. The SMILES string of the molecule is Cc1c(N2C(=O)[C@@H]3C4c5ccccc5C(c5ccccc54)[C@H]3C2=O)c(=O)n(-c2ccccc2)n1C. The first-order valence-electron chi connectivity index (χ1n) is 11.9. The minimum Gasteiger partial charge on any atom is -0.283 e. The molecule has 1 aromatic heterocycles. The third-order valence-electron chi connectivity index (χ3n) is 8.20. The van der Waals surface area contributed by atoms with Gasteiger partial charge in [0.15, 0.2) is 0 Å². The van der Waals surface area contributed by atoms with Gasteiger partial charge in [0, 0.05) is 18.9 Å². The summed E-state index contributed by atoms with van der Waals surface area (Å²) in [5, 5.41) is 0. The second-order valence-electron chi connectivity index (χ2n) is 9.69. The van der Waals surface area contributed by atoms with Crippen molar-refractivity contribution >= 4 is 17.5 Å². The van der Waals surface area contributed by atoms with Crippen LogP contribution in [0.2, 0.25) is 0 Å². The van der Waals surface area contributed by atoms with Crippen LogP contribution in [0.15, 0.2) is 83.7 Å². The van der Waals surface area contributed by atoms with Gasteiger partial charge < -0.3 is 0 Å². The van der Waals surface area contributed by atoms with Crippen LogP contribution in [0.25, 0.3) is 5.69 Å². The maximum absolute atomic E-state index is 14.1. The summed E-state index contributed by atoms with van der Waals surface area (Å²) in [5.41, 5.74) is 5.54. The minimum absolute atomic E-state index is 0.160. The largest absolute Gasteiger partial charge is 0.296 e. The fraction of sp³-hybridized carbons (Fsp3) is 0.207. The summed E-state index contributed by atoms with van der Waals surface area (Å²) in [4.78, 5) is 43.0. The second-order valence-corrected chi connectivity index (χ2v) is 9.69. The molecule has 8 rings (SSSR count). The molecule has 1 fully saturated rings. The number of hydrogen-bond donors (Lipinski definition) is 0.